The van der Waals surface area contributed by atoms with Crippen LogP contribution in [-0.2, 0) is 10.0 Å². The predicted molar refractivity (Wildman–Crippen MR) is 67.7 cm³/mol. The van der Waals surface area contributed by atoms with Gasteiger partial charge in [-0.05, 0) is 53.5 Å². The van der Waals surface area contributed by atoms with E-state index in [1.807, 2.05) is 0 Å². The molecule has 96 valence electrons. The summed E-state index contributed by atoms with van der Waals surface area (Å²) in [6.45, 7) is 2.23. The van der Waals surface area contributed by atoms with E-state index in [0.717, 1.165) is 0 Å². The number of rotatable bonds is 5. The molecule has 0 aromatic heterocycles. The number of aryl methyl sites for hydroxylation is 1. The minimum Gasteiger partial charge on any atom is -0.330 e. The van der Waals surface area contributed by atoms with Gasteiger partial charge in [0.25, 0.3) is 0 Å². The van der Waals surface area contributed by atoms with E-state index in [9.17, 15) is 12.8 Å². The number of sulfonamides is 1. The molecule has 0 radical (unpaired) electrons. The number of hydrogen-bond acceptors (Lipinski definition) is 3. The molecule has 0 atom stereocenters. The molecule has 4 nitrogen and oxygen atoms in total. The number of nitrogens with two attached hydrogens (primary N) is 1. The molecule has 1 aromatic carbocycles. The van der Waals surface area contributed by atoms with Crippen molar-refractivity contribution in [3.63, 3.8) is 0 Å². The highest BCUT2D eigenvalue weighted by Crippen LogP contribution is 2.23. The summed E-state index contributed by atoms with van der Waals surface area (Å²) >= 11 is 2.97. The quantitative estimate of drug-likeness (QED) is 0.807. The highest BCUT2D eigenvalue weighted by molar-refractivity contribution is 9.10. The van der Waals surface area contributed by atoms with E-state index in [0.29, 0.717) is 18.5 Å². The summed E-state index contributed by atoms with van der Waals surface area (Å²) in [4.78, 5) is 0.0720. The van der Waals surface area contributed by atoms with Gasteiger partial charge in [-0.3, -0.25) is 0 Å². The van der Waals surface area contributed by atoms with Crippen molar-refractivity contribution in [2.24, 2.45) is 5.73 Å². The molecule has 1 aromatic rings. The summed E-state index contributed by atoms with van der Waals surface area (Å²) < 4.78 is 39.5. The normalized spacial score (nSPS) is 11.8. The zero-order valence-corrected chi connectivity index (χ0v) is 11.7. The molecule has 0 fully saturated rings. The Morgan fingerprint density at radius 1 is 1.47 bits per heavy atom. The van der Waals surface area contributed by atoms with Gasteiger partial charge in [0.15, 0.2) is 0 Å². The van der Waals surface area contributed by atoms with Crippen molar-refractivity contribution in [2.45, 2.75) is 18.2 Å². The third-order valence-electron chi connectivity index (χ3n) is 2.18. The molecule has 0 bridgehead atoms. The lowest BCUT2D eigenvalue weighted by Gasteiger charge is -2.09. The Labute approximate surface area is 109 Å². The zero-order chi connectivity index (χ0) is 13.1. The summed E-state index contributed by atoms with van der Waals surface area (Å²) in [5, 5.41) is 0. The lowest BCUT2D eigenvalue weighted by Crippen LogP contribution is -2.26. The maximum atomic E-state index is 13.2. The van der Waals surface area contributed by atoms with Gasteiger partial charge < -0.3 is 5.73 Å². The van der Waals surface area contributed by atoms with E-state index in [2.05, 4.69) is 20.7 Å². The highest BCUT2D eigenvalue weighted by Gasteiger charge is 2.18. The smallest absolute Gasteiger partial charge is 0.240 e. The van der Waals surface area contributed by atoms with Gasteiger partial charge in [0, 0.05) is 6.54 Å². The van der Waals surface area contributed by atoms with E-state index in [-0.39, 0.29) is 15.9 Å². The molecule has 0 aliphatic heterocycles. The molecule has 0 unspecified atom stereocenters. The largest absolute Gasteiger partial charge is 0.330 e. The van der Waals surface area contributed by atoms with Gasteiger partial charge in [-0.15, -0.1) is 0 Å². The second-order valence-corrected chi connectivity index (χ2v) is 6.16. The van der Waals surface area contributed by atoms with Crippen LogP contribution in [-0.4, -0.2) is 21.5 Å². The highest BCUT2D eigenvalue weighted by atomic mass is 79.9. The van der Waals surface area contributed by atoms with Crippen LogP contribution >= 0.6 is 15.9 Å². The van der Waals surface area contributed by atoms with Crippen molar-refractivity contribution in [3.05, 3.63) is 28.0 Å². The summed E-state index contributed by atoms with van der Waals surface area (Å²) in [5.74, 6) is -0.483. The molecule has 0 amide bonds. The van der Waals surface area contributed by atoms with Gasteiger partial charge in [0.05, 0.1) is 9.37 Å². The van der Waals surface area contributed by atoms with E-state index < -0.39 is 15.8 Å². The van der Waals surface area contributed by atoms with Gasteiger partial charge in [-0.2, -0.15) is 0 Å². The Hall–Kier alpha value is -0.500. The van der Waals surface area contributed by atoms with E-state index in [1.54, 1.807) is 6.92 Å². The first-order valence-electron chi connectivity index (χ1n) is 5.04. The van der Waals surface area contributed by atoms with Crippen molar-refractivity contribution >= 4 is 26.0 Å². The molecule has 3 N–H and O–H groups in total. The lowest BCUT2D eigenvalue weighted by molar-refractivity contribution is 0.577. The number of nitrogens with one attached hydrogen (secondary N) is 1. The summed E-state index contributed by atoms with van der Waals surface area (Å²) in [7, 11) is -3.60. The average molecular weight is 325 g/mol. The van der Waals surface area contributed by atoms with Crippen molar-refractivity contribution in [1.82, 2.24) is 4.72 Å². The molecule has 0 saturated carbocycles. The standard InChI is InChI=1S/C10H14BrFN2O2S/c1-7-5-9(12)8(11)6-10(7)17(15,16)14-4-2-3-13/h5-6,14H,2-4,13H2,1H3. The fraction of sp³-hybridized carbons (Fsp3) is 0.400. The molecule has 0 heterocycles. The number of hydrogen-bond donors (Lipinski definition) is 2. The Bertz CT molecular complexity index is 505. The van der Waals surface area contributed by atoms with E-state index in [1.165, 1.54) is 12.1 Å². The van der Waals surface area contributed by atoms with Crippen molar-refractivity contribution in [2.75, 3.05) is 13.1 Å². The van der Waals surface area contributed by atoms with E-state index >= 15 is 0 Å². The van der Waals surface area contributed by atoms with Crippen LogP contribution in [0.1, 0.15) is 12.0 Å². The third kappa shape index (κ3) is 3.74. The summed E-state index contributed by atoms with van der Waals surface area (Å²) in [6.07, 6.45) is 0.556. The Balaban J connectivity index is 3.03. The molecular weight excluding hydrogens is 311 g/mol. The summed E-state index contributed by atoms with van der Waals surface area (Å²) in [5.41, 5.74) is 5.65. The number of halogens is 2. The second-order valence-electron chi connectivity index (χ2n) is 3.57. The first-order valence-corrected chi connectivity index (χ1v) is 7.31. The molecule has 1 rings (SSSR count). The van der Waals surface area contributed by atoms with Crippen LogP contribution in [0.5, 0.6) is 0 Å². The summed E-state index contributed by atoms with van der Waals surface area (Å²) in [6, 6.07) is 2.44. The molecular formula is C10H14BrFN2O2S. The Kier molecular flexibility index (Phi) is 5.05. The molecule has 0 saturated heterocycles. The van der Waals surface area contributed by atoms with Crippen LogP contribution < -0.4 is 10.5 Å². The van der Waals surface area contributed by atoms with Gasteiger partial charge in [-0.1, -0.05) is 0 Å². The topological polar surface area (TPSA) is 72.2 Å². The maximum absolute atomic E-state index is 13.2. The Morgan fingerprint density at radius 2 is 2.12 bits per heavy atom. The molecule has 7 heteroatoms. The van der Waals surface area contributed by atoms with Crippen molar-refractivity contribution in [3.8, 4) is 0 Å². The van der Waals surface area contributed by atoms with Crippen LogP contribution in [0, 0.1) is 12.7 Å². The van der Waals surface area contributed by atoms with E-state index in [4.69, 9.17) is 5.73 Å². The second kappa shape index (κ2) is 5.90. The third-order valence-corrected chi connectivity index (χ3v) is 4.39. The number of benzene rings is 1. The van der Waals surface area contributed by atoms with Gasteiger partial charge >= 0.3 is 0 Å². The lowest BCUT2D eigenvalue weighted by atomic mass is 10.2. The fourth-order valence-corrected chi connectivity index (χ4v) is 3.12. The van der Waals surface area contributed by atoms with Crippen molar-refractivity contribution in [1.29, 1.82) is 0 Å². The van der Waals surface area contributed by atoms with Gasteiger partial charge in [0.2, 0.25) is 10.0 Å². The minimum atomic E-state index is -3.60. The maximum Gasteiger partial charge on any atom is 0.240 e. The van der Waals surface area contributed by atoms with Crippen LogP contribution in [0.3, 0.4) is 0 Å². The molecule has 0 aliphatic rings. The monoisotopic (exact) mass is 324 g/mol. The van der Waals surface area contributed by atoms with Crippen molar-refractivity contribution < 1.29 is 12.8 Å². The van der Waals surface area contributed by atoms with Gasteiger partial charge in [0.1, 0.15) is 5.82 Å². The predicted octanol–water partition coefficient (Wildman–Crippen LogP) is 1.52. The first kappa shape index (κ1) is 14.6. The van der Waals surface area contributed by atoms with Gasteiger partial charge in [-0.25, -0.2) is 17.5 Å². The fourth-order valence-electron chi connectivity index (χ4n) is 1.30. The molecule has 17 heavy (non-hydrogen) atoms. The minimum absolute atomic E-state index is 0.0720. The van der Waals surface area contributed by atoms with Crippen LogP contribution in [0.15, 0.2) is 21.5 Å². The average Bonchev–Trinajstić information content (AvgIpc) is 2.23. The molecule has 0 spiro atoms. The SMILES string of the molecule is Cc1cc(F)c(Br)cc1S(=O)(=O)NCCCN. The van der Waals surface area contributed by atoms with Crippen LogP contribution in [0.25, 0.3) is 0 Å². The Morgan fingerprint density at radius 3 is 2.71 bits per heavy atom. The van der Waals surface area contributed by atoms with Crippen LogP contribution in [0.2, 0.25) is 0 Å². The first-order chi connectivity index (χ1) is 7.88. The zero-order valence-electron chi connectivity index (χ0n) is 9.33. The molecule has 0 aliphatic carbocycles. The van der Waals surface area contributed by atoms with Crippen LogP contribution in [0.4, 0.5) is 4.39 Å².